The summed E-state index contributed by atoms with van der Waals surface area (Å²) in [6, 6.07) is 0. The van der Waals surface area contributed by atoms with Crippen LogP contribution in [0, 0.1) is 5.41 Å². The highest BCUT2D eigenvalue weighted by atomic mass is 16.7. The number of hydrogen-bond acceptors (Lipinski definition) is 4. The Hall–Kier alpha value is -1.03. The molecule has 1 atom stereocenters. The zero-order valence-electron chi connectivity index (χ0n) is 10.1. The number of ether oxygens (including phenoxy) is 3. The summed E-state index contributed by atoms with van der Waals surface area (Å²) in [5.74, 6) is -0.581. The first-order valence-electron chi connectivity index (χ1n) is 4.88. The lowest BCUT2D eigenvalue weighted by molar-refractivity contribution is -0.194. The minimum Gasteiger partial charge on any atom is -0.487 e. The van der Waals surface area contributed by atoms with Crippen LogP contribution in [0.2, 0.25) is 0 Å². The molecule has 0 spiro atoms. The van der Waals surface area contributed by atoms with E-state index in [1.54, 1.807) is 6.92 Å². The van der Waals surface area contributed by atoms with Gasteiger partial charge >= 0.3 is 5.97 Å². The third kappa shape index (κ3) is 4.83. The van der Waals surface area contributed by atoms with E-state index in [0.717, 1.165) is 0 Å². The number of methoxy groups -OCH3 is 1. The summed E-state index contributed by atoms with van der Waals surface area (Å²) in [6.45, 7) is 11.4. The van der Waals surface area contributed by atoms with Gasteiger partial charge in [0.2, 0.25) is 6.29 Å². The smallest absolute Gasteiger partial charge is 0.375 e. The second-order valence-electron chi connectivity index (χ2n) is 4.20. The van der Waals surface area contributed by atoms with Gasteiger partial charge in [-0.3, -0.25) is 0 Å². The van der Waals surface area contributed by atoms with Crippen molar-refractivity contribution in [3.8, 4) is 0 Å². The molecule has 0 aliphatic rings. The number of esters is 1. The molecule has 0 fully saturated rings. The summed E-state index contributed by atoms with van der Waals surface area (Å²) in [5, 5.41) is 0. The molecule has 0 aliphatic heterocycles. The molecule has 4 nitrogen and oxygen atoms in total. The van der Waals surface area contributed by atoms with Crippen molar-refractivity contribution in [3.63, 3.8) is 0 Å². The van der Waals surface area contributed by atoms with Gasteiger partial charge in [0.15, 0.2) is 5.76 Å². The van der Waals surface area contributed by atoms with Gasteiger partial charge in [0.05, 0.1) is 6.61 Å². The predicted octanol–water partition coefficient (Wildman–Crippen LogP) is 2.10. The molecule has 0 saturated heterocycles. The van der Waals surface area contributed by atoms with Gasteiger partial charge in [-0.1, -0.05) is 20.8 Å². The maximum atomic E-state index is 11.4. The highest BCUT2D eigenvalue weighted by Gasteiger charge is 2.29. The molecule has 0 aromatic carbocycles. The van der Waals surface area contributed by atoms with Gasteiger partial charge in [-0.25, -0.2) is 4.79 Å². The lowest BCUT2D eigenvalue weighted by Crippen LogP contribution is -2.33. The molecule has 0 aromatic heterocycles. The van der Waals surface area contributed by atoms with Gasteiger partial charge in [0.25, 0.3) is 0 Å². The van der Waals surface area contributed by atoms with E-state index in [9.17, 15) is 4.79 Å². The Labute approximate surface area is 91.2 Å². The van der Waals surface area contributed by atoms with Crippen LogP contribution in [0.3, 0.4) is 0 Å². The fraction of sp³-hybridized carbons (Fsp3) is 0.727. The van der Waals surface area contributed by atoms with E-state index in [-0.39, 0.29) is 11.2 Å². The predicted molar refractivity (Wildman–Crippen MR) is 57.1 cm³/mol. The van der Waals surface area contributed by atoms with E-state index in [1.165, 1.54) is 7.11 Å². The Morgan fingerprint density at radius 2 is 1.93 bits per heavy atom. The second-order valence-corrected chi connectivity index (χ2v) is 4.20. The van der Waals surface area contributed by atoms with Crippen molar-refractivity contribution in [2.45, 2.75) is 34.0 Å². The first-order valence-corrected chi connectivity index (χ1v) is 4.88. The molecule has 0 amide bonds. The molecule has 1 unspecified atom stereocenters. The fourth-order valence-corrected chi connectivity index (χ4v) is 0.975. The first-order chi connectivity index (χ1) is 6.82. The Morgan fingerprint density at radius 1 is 1.40 bits per heavy atom. The molecular formula is C11H20O4. The number of hydrogen-bond donors (Lipinski definition) is 0. The van der Waals surface area contributed by atoms with Gasteiger partial charge in [0, 0.05) is 12.5 Å². The molecular weight excluding hydrogens is 196 g/mol. The van der Waals surface area contributed by atoms with Crippen LogP contribution >= 0.6 is 0 Å². The highest BCUT2D eigenvalue weighted by molar-refractivity contribution is 5.85. The van der Waals surface area contributed by atoms with Crippen LogP contribution in [-0.4, -0.2) is 26.0 Å². The van der Waals surface area contributed by atoms with E-state index in [4.69, 9.17) is 14.2 Å². The molecule has 0 N–H and O–H groups in total. The maximum Gasteiger partial charge on any atom is 0.375 e. The molecule has 4 heteroatoms. The summed E-state index contributed by atoms with van der Waals surface area (Å²) in [5.41, 5.74) is -0.281. The molecule has 0 aromatic rings. The van der Waals surface area contributed by atoms with Crippen molar-refractivity contribution in [3.05, 3.63) is 12.3 Å². The molecule has 15 heavy (non-hydrogen) atoms. The van der Waals surface area contributed by atoms with Gasteiger partial charge in [0.1, 0.15) is 0 Å². The van der Waals surface area contributed by atoms with E-state index >= 15 is 0 Å². The van der Waals surface area contributed by atoms with Crippen LogP contribution in [0.25, 0.3) is 0 Å². The summed E-state index contributed by atoms with van der Waals surface area (Å²) in [4.78, 5) is 11.4. The maximum absolute atomic E-state index is 11.4. The van der Waals surface area contributed by atoms with Crippen molar-refractivity contribution in [1.82, 2.24) is 0 Å². The largest absolute Gasteiger partial charge is 0.487 e. The SMILES string of the molecule is C=C(OCC)C(=O)OC(OC)C(C)(C)C. The van der Waals surface area contributed by atoms with Crippen molar-refractivity contribution >= 4 is 5.97 Å². The zero-order chi connectivity index (χ0) is 12.1. The minimum absolute atomic E-state index is 0.00352. The number of carbonyl (C=O) groups excluding carboxylic acids is 1. The van der Waals surface area contributed by atoms with E-state index < -0.39 is 12.3 Å². The lowest BCUT2D eigenvalue weighted by atomic mass is 9.96. The third-order valence-electron chi connectivity index (χ3n) is 1.68. The van der Waals surface area contributed by atoms with Crippen LogP contribution in [0.5, 0.6) is 0 Å². The van der Waals surface area contributed by atoms with E-state index in [0.29, 0.717) is 6.61 Å². The van der Waals surface area contributed by atoms with E-state index in [2.05, 4.69) is 6.58 Å². The van der Waals surface area contributed by atoms with E-state index in [1.807, 2.05) is 20.8 Å². The number of carbonyl (C=O) groups is 1. The molecule has 0 heterocycles. The van der Waals surface area contributed by atoms with Gasteiger partial charge in [-0.05, 0) is 13.5 Å². The molecule has 0 bridgehead atoms. The summed E-state index contributed by atoms with van der Waals surface area (Å²) < 4.78 is 15.1. The normalized spacial score (nSPS) is 13.1. The van der Waals surface area contributed by atoms with Crippen LogP contribution in [0.1, 0.15) is 27.7 Å². The Morgan fingerprint density at radius 3 is 2.27 bits per heavy atom. The Balaban J connectivity index is 4.31. The van der Waals surface area contributed by atoms with Crippen LogP contribution in [0.15, 0.2) is 12.3 Å². The minimum atomic E-state index is -0.609. The summed E-state index contributed by atoms with van der Waals surface area (Å²) in [6.07, 6.45) is -0.609. The molecule has 0 aliphatic carbocycles. The molecule has 0 saturated carbocycles. The Kier molecular flexibility index (Phi) is 5.36. The zero-order valence-corrected chi connectivity index (χ0v) is 10.1. The van der Waals surface area contributed by atoms with Gasteiger partial charge in [-0.2, -0.15) is 0 Å². The third-order valence-corrected chi connectivity index (χ3v) is 1.68. The number of rotatable bonds is 5. The van der Waals surface area contributed by atoms with Crippen molar-refractivity contribution in [2.24, 2.45) is 5.41 Å². The van der Waals surface area contributed by atoms with Crippen LogP contribution < -0.4 is 0 Å². The lowest BCUT2D eigenvalue weighted by Gasteiger charge is -2.28. The van der Waals surface area contributed by atoms with Crippen LogP contribution in [-0.2, 0) is 19.0 Å². The fourth-order valence-electron chi connectivity index (χ4n) is 0.975. The molecule has 0 radical (unpaired) electrons. The van der Waals surface area contributed by atoms with Gasteiger partial charge in [-0.15, -0.1) is 0 Å². The first kappa shape index (κ1) is 14.0. The summed E-state index contributed by atoms with van der Waals surface area (Å²) in [7, 11) is 1.49. The monoisotopic (exact) mass is 216 g/mol. The van der Waals surface area contributed by atoms with Crippen LogP contribution in [0.4, 0.5) is 0 Å². The topological polar surface area (TPSA) is 44.8 Å². The average molecular weight is 216 g/mol. The highest BCUT2D eigenvalue weighted by Crippen LogP contribution is 2.23. The average Bonchev–Trinajstić information content (AvgIpc) is 2.12. The summed E-state index contributed by atoms with van der Waals surface area (Å²) >= 11 is 0. The van der Waals surface area contributed by atoms with Crippen molar-refractivity contribution in [2.75, 3.05) is 13.7 Å². The second kappa shape index (κ2) is 5.75. The van der Waals surface area contributed by atoms with Gasteiger partial charge < -0.3 is 14.2 Å². The molecule has 0 rings (SSSR count). The quantitative estimate of drug-likeness (QED) is 0.305. The standard InChI is InChI=1S/C11H20O4/c1-7-14-8(2)9(12)15-10(13-6)11(3,4)5/h10H,2,7H2,1,3-6H3. The van der Waals surface area contributed by atoms with Crippen molar-refractivity contribution < 1.29 is 19.0 Å². The Bertz CT molecular complexity index is 227. The molecule has 88 valence electrons. The van der Waals surface area contributed by atoms with Crippen molar-refractivity contribution in [1.29, 1.82) is 0 Å².